The summed E-state index contributed by atoms with van der Waals surface area (Å²) < 4.78 is 5.10. The number of nitro benzene ring substituents is 1. The Labute approximate surface area is 141 Å². The van der Waals surface area contributed by atoms with Gasteiger partial charge in [-0.05, 0) is 25.1 Å². The lowest BCUT2D eigenvalue weighted by Gasteiger charge is -2.06. The molecule has 8 nitrogen and oxygen atoms in total. The molecule has 3 aromatic rings. The molecule has 0 fully saturated rings. The number of hydrogen-bond acceptors (Lipinski definition) is 6. The normalized spacial score (nSPS) is 10.6. The summed E-state index contributed by atoms with van der Waals surface area (Å²) in [7, 11) is 0. The molecule has 1 heterocycles. The monoisotopic (exact) mass is 339 g/mol. The molecule has 0 aliphatic heterocycles. The molecule has 0 aliphatic rings. The topological polar surface area (TPSA) is 115 Å². The van der Waals surface area contributed by atoms with Gasteiger partial charge < -0.3 is 9.72 Å². The summed E-state index contributed by atoms with van der Waals surface area (Å²) >= 11 is 0. The molecule has 1 N–H and O–H groups in total. The molecule has 0 aliphatic carbocycles. The Hall–Kier alpha value is -3.55. The highest BCUT2D eigenvalue weighted by atomic mass is 16.6. The number of hydrogen-bond donors (Lipinski definition) is 1. The van der Waals surface area contributed by atoms with Gasteiger partial charge in [0.05, 0.1) is 21.4 Å². The van der Waals surface area contributed by atoms with Crippen LogP contribution in [-0.4, -0.2) is 20.9 Å². The number of carbonyl (C=O) groups excluding carboxylic acids is 1. The van der Waals surface area contributed by atoms with Crippen LogP contribution in [0.1, 0.15) is 21.7 Å². The number of aromatic amines is 1. The van der Waals surface area contributed by atoms with Crippen molar-refractivity contribution in [2.75, 3.05) is 0 Å². The molecule has 0 saturated carbocycles. The van der Waals surface area contributed by atoms with E-state index < -0.39 is 10.9 Å². The second-order valence-corrected chi connectivity index (χ2v) is 5.36. The number of rotatable bonds is 4. The van der Waals surface area contributed by atoms with Gasteiger partial charge in [0, 0.05) is 11.6 Å². The summed E-state index contributed by atoms with van der Waals surface area (Å²) in [5.74, 6) is -0.544. The van der Waals surface area contributed by atoms with Crippen molar-refractivity contribution in [3.8, 4) is 0 Å². The van der Waals surface area contributed by atoms with E-state index in [0.29, 0.717) is 16.5 Å². The lowest BCUT2D eigenvalue weighted by Crippen LogP contribution is -2.14. The quantitative estimate of drug-likeness (QED) is 0.443. The molecule has 0 saturated heterocycles. The minimum atomic E-state index is -0.737. The third-order valence-corrected chi connectivity index (χ3v) is 3.64. The smallest absolute Gasteiger partial charge is 0.338 e. The predicted molar refractivity (Wildman–Crippen MR) is 89.3 cm³/mol. The molecule has 0 atom stereocenters. The Morgan fingerprint density at radius 1 is 1.28 bits per heavy atom. The number of nitrogens with one attached hydrogen (secondary N) is 1. The van der Waals surface area contributed by atoms with Crippen LogP contribution in [0, 0.1) is 17.0 Å². The Kier molecular flexibility index (Phi) is 4.25. The maximum absolute atomic E-state index is 12.1. The van der Waals surface area contributed by atoms with E-state index in [1.165, 1.54) is 12.1 Å². The molecule has 0 unspecified atom stereocenters. The molecular formula is C17H13N3O5. The minimum absolute atomic E-state index is 0.0560. The van der Waals surface area contributed by atoms with Gasteiger partial charge in [0.15, 0.2) is 0 Å². The molecule has 0 spiro atoms. The number of para-hydroxylation sites is 1. The van der Waals surface area contributed by atoms with Crippen molar-refractivity contribution in [3.63, 3.8) is 0 Å². The fourth-order valence-electron chi connectivity index (χ4n) is 2.35. The SMILES string of the molecule is Cc1ccc(C(=O)OCc2nc3ccccc3c(=O)[nH]2)cc1[N+](=O)[O-]. The van der Waals surface area contributed by atoms with Crippen molar-refractivity contribution >= 4 is 22.6 Å². The van der Waals surface area contributed by atoms with Crippen LogP contribution >= 0.6 is 0 Å². The highest BCUT2D eigenvalue weighted by molar-refractivity contribution is 5.90. The van der Waals surface area contributed by atoms with Gasteiger partial charge in [0.2, 0.25) is 0 Å². The third-order valence-electron chi connectivity index (χ3n) is 3.64. The average molecular weight is 339 g/mol. The molecule has 8 heteroatoms. The van der Waals surface area contributed by atoms with E-state index in [1.807, 2.05) is 0 Å². The van der Waals surface area contributed by atoms with E-state index in [4.69, 9.17) is 4.74 Å². The van der Waals surface area contributed by atoms with Crippen molar-refractivity contribution in [1.29, 1.82) is 0 Å². The molecule has 1 aromatic heterocycles. The summed E-state index contributed by atoms with van der Waals surface area (Å²) in [5.41, 5.74) is 0.500. The second kappa shape index (κ2) is 6.52. The molecule has 25 heavy (non-hydrogen) atoms. The Morgan fingerprint density at radius 2 is 2.04 bits per heavy atom. The Balaban J connectivity index is 1.80. The van der Waals surface area contributed by atoms with Gasteiger partial charge in [0.25, 0.3) is 11.2 Å². The minimum Gasteiger partial charge on any atom is -0.454 e. The summed E-state index contributed by atoms with van der Waals surface area (Å²) in [6.45, 7) is 1.33. The van der Waals surface area contributed by atoms with E-state index in [9.17, 15) is 19.7 Å². The summed E-state index contributed by atoms with van der Waals surface area (Å²) in [4.78, 5) is 41.2. The molecular weight excluding hydrogens is 326 g/mol. The highest BCUT2D eigenvalue weighted by Gasteiger charge is 2.16. The predicted octanol–water partition coefficient (Wildman–Crippen LogP) is 2.50. The van der Waals surface area contributed by atoms with Crippen LogP contribution in [0.3, 0.4) is 0 Å². The highest BCUT2D eigenvalue weighted by Crippen LogP contribution is 2.20. The number of aromatic nitrogens is 2. The molecule has 3 rings (SSSR count). The van der Waals surface area contributed by atoms with Crippen molar-refractivity contribution in [2.45, 2.75) is 13.5 Å². The number of carbonyl (C=O) groups is 1. The van der Waals surface area contributed by atoms with Crippen LogP contribution in [0.5, 0.6) is 0 Å². The zero-order valence-corrected chi connectivity index (χ0v) is 13.2. The molecule has 2 aromatic carbocycles. The van der Waals surface area contributed by atoms with Crippen molar-refractivity contribution in [1.82, 2.24) is 9.97 Å². The number of nitro groups is 1. The first kappa shape index (κ1) is 16.3. The Morgan fingerprint density at radius 3 is 2.80 bits per heavy atom. The van der Waals surface area contributed by atoms with Crippen molar-refractivity contribution in [2.24, 2.45) is 0 Å². The standard InChI is InChI=1S/C17H13N3O5/c1-10-6-7-11(8-14(10)20(23)24)17(22)25-9-15-18-13-5-3-2-4-12(13)16(21)19-15/h2-8H,9H2,1H3,(H,18,19,21). The van der Waals surface area contributed by atoms with E-state index in [2.05, 4.69) is 9.97 Å². The number of ether oxygens (including phenoxy) is 1. The fourth-order valence-corrected chi connectivity index (χ4v) is 2.35. The van der Waals surface area contributed by atoms with Crippen LogP contribution in [-0.2, 0) is 11.3 Å². The molecule has 0 bridgehead atoms. The second-order valence-electron chi connectivity index (χ2n) is 5.36. The van der Waals surface area contributed by atoms with Crippen LogP contribution in [0.15, 0.2) is 47.3 Å². The van der Waals surface area contributed by atoms with Crippen LogP contribution in [0.25, 0.3) is 10.9 Å². The van der Waals surface area contributed by atoms with Gasteiger partial charge >= 0.3 is 5.97 Å². The number of H-pyrrole nitrogens is 1. The largest absolute Gasteiger partial charge is 0.454 e. The number of fused-ring (bicyclic) bond motifs is 1. The van der Waals surface area contributed by atoms with Crippen molar-refractivity contribution < 1.29 is 14.5 Å². The summed E-state index contributed by atoms with van der Waals surface area (Å²) in [6.07, 6.45) is 0. The van der Waals surface area contributed by atoms with Gasteiger partial charge in [-0.3, -0.25) is 14.9 Å². The van der Waals surface area contributed by atoms with Gasteiger partial charge in [-0.15, -0.1) is 0 Å². The zero-order valence-electron chi connectivity index (χ0n) is 13.2. The summed E-state index contributed by atoms with van der Waals surface area (Å²) in [6, 6.07) is 10.9. The summed E-state index contributed by atoms with van der Waals surface area (Å²) in [5, 5.41) is 11.4. The maximum atomic E-state index is 12.1. The van der Waals surface area contributed by atoms with Gasteiger partial charge in [0.1, 0.15) is 12.4 Å². The van der Waals surface area contributed by atoms with Gasteiger partial charge in [-0.1, -0.05) is 18.2 Å². The van der Waals surface area contributed by atoms with Gasteiger partial charge in [-0.2, -0.15) is 0 Å². The molecule has 0 amide bonds. The lowest BCUT2D eigenvalue weighted by atomic mass is 10.1. The van der Waals surface area contributed by atoms with Gasteiger partial charge in [-0.25, -0.2) is 9.78 Å². The van der Waals surface area contributed by atoms with E-state index in [-0.39, 0.29) is 29.2 Å². The lowest BCUT2D eigenvalue weighted by molar-refractivity contribution is -0.385. The Bertz CT molecular complexity index is 1040. The first-order valence-corrected chi connectivity index (χ1v) is 7.36. The fraction of sp³-hybridized carbons (Fsp3) is 0.118. The van der Waals surface area contributed by atoms with E-state index in [0.717, 1.165) is 6.07 Å². The maximum Gasteiger partial charge on any atom is 0.338 e. The van der Waals surface area contributed by atoms with Crippen LogP contribution < -0.4 is 5.56 Å². The average Bonchev–Trinajstić information content (AvgIpc) is 2.60. The zero-order chi connectivity index (χ0) is 18.0. The van der Waals surface area contributed by atoms with E-state index in [1.54, 1.807) is 31.2 Å². The number of aryl methyl sites for hydroxylation is 1. The number of benzene rings is 2. The molecule has 126 valence electrons. The first-order valence-electron chi connectivity index (χ1n) is 7.36. The van der Waals surface area contributed by atoms with Crippen LogP contribution in [0.4, 0.5) is 5.69 Å². The molecule has 0 radical (unpaired) electrons. The van der Waals surface area contributed by atoms with Crippen LogP contribution in [0.2, 0.25) is 0 Å². The number of nitrogens with zero attached hydrogens (tertiary/aromatic N) is 2. The first-order chi connectivity index (χ1) is 12.0. The number of esters is 1. The van der Waals surface area contributed by atoms with E-state index >= 15 is 0 Å². The third kappa shape index (κ3) is 3.37. The van der Waals surface area contributed by atoms with Crippen molar-refractivity contribution in [3.05, 3.63) is 79.9 Å².